The van der Waals surface area contributed by atoms with E-state index in [9.17, 15) is 0 Å². The summed E-state index contributed by atoms with van der Waals surface area (Å²) < 4.78 is 2.67. The summed E-state index contributed by atoms with van der Waals surface area (Å²) in [7, 11) is 0. The molecule has 1 aliphatic heterocycles. The molecule has 0 bridgehead atoms. The number of benzene rings is 2. The SMILES string of the molecule is Cc1ccc2c(c1)C[Te]Cc1cc(C)ccc1S2. The normalized spacial score (nSPS) is 14.3. The molecule has 1 heterocycles. The molecule has 0 aliphatic carbocycles. The van der Waals surface area contributed by atoms with Crippen molar-refractivity contribution in [2.24, 2.45) is 0 Å². The first kappa shape index (κ1) is 12.6. The molecule has 0 saturated heterocycles. The van der Waals surface area contributed by atoms with Gasteiger partial charge in [0.1, 0.15) is 0 Å². The van der Waals surface area contributed by atoms with Crippen molar-refractivity contribution in [3.05, 3.63) is 58.7 Å². The van der Waals surface area contributed by atoms with Gasteiger partial charge in [-0.15, -0.1) is 0 Å². The van der Waals surface area contributed by atoms with Gasteiger partial charge in [0.15, 0.2) is 0 Å². The molecule has 18 heavy (non-hydrogen) atoms. The molecule has 0 saturated carbocycles. The first-order valence-corrected chi connectivity index (χ1v) is 10.3. The van der Waals surface area contributed by atoms with Crippen LogP contribution in [0.2, 0.25) is 0 Å². The van der Waals surface area contributed by atoms with E-state index in [0.29, 0.717) is 0 Å². The molecule has 0 radical (unpaired) electrons. The van der Waals surface area contributed by atoms with Crippen LogP contribution in [0.25, 0.3) is 0 Å². The molecule has 0 spiro atoms. The Bertz CT molecular complexity index is 538. The standard InChI is InChI=1S/C16H16STe/c1-11-3-5-15-13(7-11)9-18-10-14-8-12(2)4-6-16(14)17-15/h3-8H,9-10H2,1-2H3. The zero-order valence-corrected chi connectivity index (χ0v) is 13.8. The van der Waals surface area contributed by atoms with Crippen LogP contribution in [0, 0.1) is 13.8 Å². The van der Waals surface area contributed by atoms with Gasteiger partial charge in [0.25, 0.3) is 0 Å². The predicted molar refractivity (Wildman–Crippen MR) is 79.6 cm³/mol. The molecule has 2 aromatic rings. The molecule has 0 aromatic heterocycles. The van der Waals surface area contributed by atoms with Crippen LogP contribution in [-0.4, -0.2) is 20.9 Å². The molecule has 0 unspecified atom stereocenters. The summed E-state index contributed by atoms with van der Waals surface area (Å²) in [4.78, 5) is 2.94. The van der Waals surface area contributed by atoms with Gasteiger partial charge in [-0.2, -0.15) is 0 Å². The first-order chi connectivity index (χ1) is 8.72. The molecule has 0 N–H and O–H groups in total. The molecule has 92 valence electrons. The zero-order chi connectivity index (χ0) is 12.5. The monoisotopic (exact) mass is 370 g/mol. The Morgan fingerprint density at radius 2 is 1.33 bits per heavy atom. The summed E-state index contributed by atoms with van der Waals surface area (Å²) in [5, 5.41) is 0. The van der Waals surface area contributed by atoms with Crippen LogP contribution in [-0.2, 0) is 8.94 Å². The van der Waals surface area contributed by atoms with Crippen molar-refractivity contribution in [2.75, 3.05) is 0 Å². The Balaban J connectivity index is 2.05. The molecule has 1 aliphatic rings. The minimum atomic E-state index is 0.0701. The number of aryl methyl sites for hydroxylation is 2. The van der Waals surface area contributed by atoms with Gasteiger partial charge in [-0.05, 0) is 0 Å². The Morgan fingerprint density at radius 1 is 0.833 bits per heavy atom. The Morgan fingerprint density at radius 3 is 1.83 bits per heavy atom. The molecule has 0 atom stereocenters. The Kier molecular flexibility index (Phi) is 3.71. The van der Waals surface area contributed by atoms with Crippen LogP contribution in [0.3, 0.4) is 0 Å². The Labute approximate surface area is 123 Å². The van der Waals surface area contributed by atoms with Crippen molar-refractivity contribution in [3.63, 3.8) is 0 Å². The molecule has 3 rings (SSSR count). The van der Waals surface area contributed by atoms with Crippen molar-refractivity contribution in [1.29, 1.82) is 0 Å². The topological polar surface area (TPSA) is 0 Å². The van der Waals surface area contributed by atoms with E-state index in [1.165, 1.54) is 29.9 Å². The first-order valence-electron chi connectivity index (χ1n) is 6.17. The van der Waals surface area contributed by atoms with Gasteiger partial charge in [-0.25, -0.2) is 0 Å². The predicted octanol–water partition coefficient (Wildman–Crippen LogP) is 4.17. The summed E-state index contributed by atoms with van der Waals surface area (Å²) in [6, 6.07) is 13.8. The molecule has 0 fully saturated rings. The second-order valence-electron chi connectivity index (χ2n) is 4.82. The van der Waals surface area contributed by atoms with Crippen molar-refractivity contribution < 1.29 is 0 Å². The number of hydrogen-bond acceptors (Lipinski definition) is 1. The van der Waals surface area contributed by atoms with E-state index in [0.717, 1.165) is 0 Å². The van der Waals surface area contributed by atoms with Crippen LogP contribution in [0.4, 0.5) is 0 Å². The number of hydrogen-bond donors (Lipinski definition) is 0. The van der Waals surface area contributed by atoms with Gasteiger partial charge in [-0.3, -0.25) is 0 Å². The molecule has 2 heteroatoms. The average molecular weight is 368 g/mol. The van der Waals surface area contributed by atoms with Gasteiger partial charge in [0.05, 0.1) is 0 Å². The molecule has 0 amide bonds. The summed E-state index contributed by atoms with van der Waals surface area (Å²) >= 11 is 2.02. The van der Waals surface area contributed by atoms with Crippen molar-refractivity contribution in [1.82, 2.24) is 0 Å². The second kappa shape index (κ2) is 5.29. The summed E-state index contributed by atoms with van der Waals surface area (Å²) in [5.74, 6) is 0. The van der Waals surface area contributed by atoms with Crippen LogP contribution in [0.1, 0.15) is 22.3 Å². The van der Waals surface area contributed by atoms with Crippen LogP contribution in [0.5, 0.6) is 0 Å². The van der Waals surface area contributed by atoms with Gasteiger partial charge < -0.3 is 0 Å². The third-order valence-electron chi connectivity index (χ3n) is 3.17. The summed E-state index contributed by atoms with van der Waals surface area (Å²) in [6.45, 7) is 4.39. The maximum absolute atomic E-state index is 2.38. The fourth-order valence-electron chi connectivity index (χ4n) is 2.23. The van der Waals surface area contributed by atoms with Gasteiger partial charge in [0.2, 0.25) is 0 Å². The van der Waals surface area contributed by atoms with E-state index >= 15 is 0 Å². The second-order valence-corrected chi connectivity index (χ2v) is 8.71. The van der Waals surface area contributed by atoms with Crippen LogP contribution >= 0.6 is 11.8 Å². The quantitative estimate of drug-likeness (QED) is 0.630. The fraction of sp³-hybridized carbons (Fsp3) is 0.250. The third kappa shape index (κ3) is 2.62. The number of fused-ring (bicyclic) bond motifs is 2. The van der Waals surface area contributed by atoms with Crippen LogP contribution < -0.4 is 0 Å². The fourth-order valence-corrected chi connectivity index (χ4v) is 6.74. The molecular weight excluding hydrogens is 352 g/mol. The van der Waals surface area contributed by atoms with Crippen LogP contribution in [0.15, 0.2) is 46.2 Å². The summed E-state index contributed by atoms with van der Waals surface area (Å²) in [6.07, 6.45) is 0. The Hall–Kier alpha value is -0.420. The third-order valence-corrected chi connectivity index (χ3v) is 7.34. The van der Waals surface area contributed by atoms with E-state index in [1.54, 1.807) is 11.1 Å². The van der Waals surface area contributed by atoms with E-state index in [2.05, 4.69) is 50.2 Å². The number of rotatable bonds is 0. The van der Waals surface area contributed by atoms with Crippen molar-refractivity contribution in [3.8, 4) is 0 Å². The van der Waals surface area contributed by atoms with E-state index in [1.807, 2.05) is 11.8 Å². The maximum atomic E-state index is 2.38. The van der Waals surface area contributed by atoms with Crippen molar-refractivity contribution >= 4 is 32.7 Å². The minimum absolute atomic E-state index is 0.0701. The van der Waals surface area contributed by atoms with Gasteiger partial charge in [-0.1, -0.05) is 0 Å². The van der Waals surface area contributed by atoms with E-state index in [-0.39, 0.29) is 20.9 Å². The molecular formula is C16H16STe. The zero-order valence-electron chi connectivity index (χ0n) is 10.7. The van der Waals surface area contributed by atoms with E-state index < -0.39 is 0 Å². The molecule has 0 nitrogen and oxygen atoms in total. The van der Waals surface area contributed by atoms with Gasteiger partial charge >= 0.3 is 124 Å². The van der Waals surface area contributed by atoms with E-state index in [4.69, 9.17) is 0 Å². The van der Waals surface area contributed by atoms with Gasteiger partial charge in [0, 0.05) is 0 Å². The average Bonchev–Trinajstić information content (AvgIpc) is 2.32. The van der Waals surface area contributed by atoms with Crippen molar-refractivity contribution in [2.45, 2.75) is 32.6 Å². The summed E-state index contributed by atoms with van der Waals surface area (Å²) in [5.41, 5.74) is 5.94. The molecule has 2 aromatic carbocycles.